The van der Waals surface area contributed by atoms with E-state index < -0.39 is 0 Å². The van der Waals surface area contributed by atoms with E-state index in [0.717, 1.165) is 31.5 Å². The Balaban J connectivity index is 2.02. The molecule has 0 bridgehead atoms. The molecule has 1 unspecified atom stereocenters. The van der Waals surface area contributed by atoms with Gasteiger partial charge in [-0.3, -0.25) is 9.78 Å². The molecular formula is C14H21N3O. The van der Waals surface area contributed by atoms with Gasteiger partial charge in [-0.15, -0.1) is 0 Å². The zero-order chi connectivity index (χ0) is 13.1. The minimum Gasteiger partial charge on any atom is -0.343 e. The predicted octanol–water partition coefficient (Wildman–Crippen LogP) is 1.65. The van der Waals surface area contributed by atoms with Crippen molar-refractivity contribution < 1.29 is 4.79 Å². The van der Waals surface area contributed by atoms with Crippen LogP contribution in [-0.4, -0.2) is 28.9 Å². The zero-order valence-corrected chi connectivity index (χ0v) is 11.1. The lowest BCUT2D eigenvalue weighted by molar-refractivity contribution is -0.130. The van der Waals surface area contributed by atoms with Crippen LogP contribution in [0.3, 0.4) is 0 Å². The van der Waals surface area contributed by atoms with Crippen LogP contribution in [0, 0.1) is 12.8 Å². The van der Waals surface area contributed by atoms with Crippen molar-refractivity contribution in [2.45, 2.75) is 32.7 Å². The van der Waals surface area contributed by atoms with Crippen LogP contribution in [0.2, 0.25) is 0 Å². The number of pyridine rings is 1. The topological polar surface area (TPSA) is 59.2 Å². The Bertz CT molecular complexity index is 425. The number of likely N-dealkylation sites (tertiary alicyclic amines) is 1. The van der Waals surface area contributed by atoms with Crippen molar-refractivity contribution in [2.24, 2.45) is 11.7 Å². The number of aromatic nitrogens is 1. The van der Waals surface area contributed by atoms with E-state index in [9.17, 15) is 4.79 Å². The van der Waals surface area contributed by atoms with Gasteiger partial charge in [0, 0.05) is 38.4 Å². The van der Waals surface area contributed by atoms with Crippen LogP contribution in [0.15, 0.2) is 18.5 Å². The molecule has 1 amide bonds. The standard InChI is InChI=1S/C14H21N3O/c1-10-3-6-16-9-13(10)14(15)12-4-7-17(8-5-12)11(2)18/h3,6,9,12,14H,4-5,7-8,15H2,1-2H3. The zero-order valence-electron chi connectivity index (χ0n) is 11.1. The van der Waals surface area contributed by atoms with Crippen molar-refractivity contribution in [3.63, 3.8) is 0 Å². The van der Waals surface area contributed by atoms with Crippen LogP contribution >= 0.6 is 0 Å². The summed E-state index contributed by atoms with van der Waals surface area (Å²) in [5.74, 6) is 0.614. The first-order valence-electron chi connectivity index (χ1n) is 6.51. The second-order valence-corrected chi connectivity index (χ2v) is 5.10. The molecule has 1 aromatic heterocycles. The first-order chi connectivity index (χ1) is 8.59. The Hall–Kier alpha value is -1.42. The lowest BCUT2D eigenvalue weighted by Gasteiger charge is -2.34. The normalized spacial score (nSPS) is 18.7. The summed E-state index contributed by atoms with van der Waals surface area (Å²) in [5, 5.41) is 0. The van der Waals surface area contributed by atoms with Gasteiger partial charge >= 0.3 is 0 Å². The molecule has 0 aliphatic carbocycles. The van der Waals surface area contributed by atoms with Gasteiger partial charge < -0.3 is 10.6 Å². The van der Waals surface area contributed by atoms with E-state index in [1.54, 1.807) is 13.1 Å². The second kappa shape index (κ2) is 5.48. The monoisotopic (exact) mass is 247 g/mol. The highest BCUT2D eigenvalue weighted by molar-refractivity contribution is 5.73. The molecule has 0 spiro atoms. The van der Waals surface area contributed by atoms with E-state index in [1.165, 1.54) is 5.56 Å². The SMILES string of the molecule is CC(=O)N1CCC(C(N)c2cnccc2C)CC1. The van der Waals surface area contributed by atoms with Crippen LogP contribution < -0.4 is 5.73 Å². The maximum absolute atomic E-state index is 11.3. The van der Waals surface area contributed by atoms with E-state index >= 15 is 0 Å². The van der Waals surface area contributed by atoms with Crippen molar-refractivity contribution in [3.05, 3.63) is 29.6 Å². The highest BCUT2D eigenvalue weighted by Crippen LogP contribution is 2.30. The summed E-state index contributed by atoms with van der Waals surface area (Å²) in [6, 6.07) is 2.03. The molecule has 1 fully saturated rings. The Kier molecular flexibility index (Phi) is 3.97. The Morgan fingerprint density at radius 1 is 1.50 bits per heavy atom. The molecule has 0 saturated carbocycles. The molecule has 18 heavy (non-hydrogen) atoms. The van der Waals surface area contributed by atoms with E-state index in [0.29, 0.717) is 5.92 Å². The molecule has 4 heteroatoms. The smallest absolute Gasteiger partial charge is 0.219 e. The Morgan fingerprint density at radius 2 is 2.17 bits per heavy atom. The largest absolute Gasteiger partial charge is 0.343 e. The summed E-state index contributed by atoms with van der Waals surface area (Å²) in [5.41, 5.74) is 8.69. The van der Waals surface area contributed by atoms with Gasteiger partial charge in [-0.05, 0) is 42.9 Å². The molecule has 1 saturated heterocycles. The molecular weight excluding hydrogens is 226 g/mol. The fraction of sp³-hybridized carbons (Fsp3) is 0.571. The number of carbonyl (C=O) groups excluding carboxylic acids is 1. The van der Waals surface area contributed by atoms with Gasteiger partial charge in [-0.1, -0.05) is 0 Å². The van der Waals surface area contributed by atoms with Gasteiger partial charge in [-0.2, -0.15) is 0 Å². The highest BCUT2D eigenvalue weighted by Gasteiger charge is 2.26. The number of aryl methyl sites for hydroxylation is 1. The average molecular weight is 247 g/mol. The number of carbonyl (C=O) groups is 1. The van der Waals surface area contributed by atoms with Gasteiger partial charge in [0.1, 0.15) is 0 Å². The fourth-order valence-corrected chi connectivity index (χ4v) is 2.65. The van der Waals surface area contributed by atoms with Crippen molar-refractivity contribution in [1.82, 2.24) is 9.88 Å². The molecule has 98 valence electrons. The summed E-state index contributed by atoms with van der Waals surface area (Å²) in [4.78, 5) is 17.3. The van der Waals surface area contributed by atoms with Gasteiger partial charge in [0.2, 0.25) is 5.91 Å². The van der Waals surface area contributed by atoms with Crippen LogP contribution in [-0.2, 0) is 4.79 Å². The van der Waals surface area contributed by atoms with Gasteiger partial charge in [-0.25, -0.2) is 0 Å². The first-order valence-corrected chi connectivity index (χ1v) is 6.51. The minimum atomic E-state index is 0.0350. The number of nitrogens with zero attached hydrogens (tertiary/aromatic N) is 2. The molecule has 0 radical (unpaired) electrons. The maximum atomic E-state index is 11.3. The average Bonchev–Trinajstić information content (AvgIpc) is 2.38. The van der Waals surface area contributed by atoms with Crippen molar-refractivity contribution >= 4 is 5.91 Å². The van der Waals surface area contributed by atoms with Crippen molar-refractivity contribution in [2.75, 3.05) is 13.1 Å². The summed E-state index contributed by atoms with van der Waals surface area (Å²) in [6.07, 6.45) is 5.63. The molecule has 1 atom stereocenters. The number of piperidine rings is 1. The third-order valence-electron chi connectivity index (χ3n) is 3.93. The van der Waals surface area contributed by atoms with Crippen LogP contribution in [0.4, 0.5) is 0 Å². The van der Waals surface area contributed by atoms with E-state index in [2.05, 4.69) is 11.9 Å². The predicted molar refractivity (Wildman–Crippen MR) is 70.9 cm³/mol. The summed E-state index contributed by atoms with van der Waals surface area (Å²) in [6.45, 7) is 5.35. The van der Waals surface area contributed by atoms with Crippen LogP contribution in [0.1, 0.15) is 36.9 Å². The lowest BCUT2D eigenvalue weighted by Crippen LogP contribution is -2.40. The van der Waals surface area contributed by atoms with Gasteiger partial charge in [0.05, 0.1) is 0 Å². The molecule has 2 N–H and O–H groups in total. The number of rotatable bonds is 2. The Labute approximate surface area is 108 Å². The number of nitrogens with two attached hydrogens (primary N) is 1. The quantitative estimate of drug-likeness (QED) is 0.864. The van der Waals surface area contributed by atoms with E-state index in [1.807, 2.05) is 17.2 Å². The second-order valence-electron chi connectivity index (χ2n) is 5.10. The van der Waals surface area contributed by atoms with Gasteiger partial charge in [0.25, 0.3) is 0 Å². The maximum Gasteiger partial charge on any atom is 0.219 e. The van der Waals surface area contributed by atoms with Crippen molar-refractivity contribution in [3.8, 4) is 0 Å². The Morgan fingerprint density at radius 3 is 2.72 bits per heavy atom. The first kappa shape index (κ1) is 13.0. The summed E-state index contributed by atoms with van der Waals surface area (Å²) in [7, 11) is 0. The van der Waals surface area contributed by atoms with Crippen LogP contribution in [0.25, 0.3) is 0 Å². The van der Waals surface area contributed by atoms with Crippen molar-refractivity contribution in [1.29, 1.82) is 0 Å². The molecule has 0 aromatic carbocycles. The number of hydrogen-bond donors (Lipinski definition) is 1. The molecule has 1 aliphatic heterocycles. The van der Waals surface area contributed by atoms with Crippen LogP contribution in [0.5, 0.6) is 0 Å². The summed E-state index contributed by atoms with van der Waals surface area (Å²) < 4.78 is 0. The fourth-order valence-electron chi connectivity index (χ4n) is 2.65. The molecule has 1 aliphatic rings. The summed E-state index contributed by atoms with van der Waals surface area (Å²) >= 11 is 0. The third-order valence-corrected chi connectivity index (χ3v) is 3.93. The molecule has 2 heterocycles. The van der Waals surface area contributed by atoms with Gasteiger partial charge in [0.15, 0.2) is 0 Å². The third kappa shape index (κ3) is 2.70. The molecule has 4 nitrogen and oxygen atoms in total. The van der Waals surface area contributed by atoms with E-state index in [-0.39, 0.29) is 11.9 Å². The number of amides is 1. The molecule has 2 rings (SSSR count). The lowest BCUT2D eigenvalue weighted by atomic mass is 9.85. The minimum absolute atomic E-state index is 0.0350. The molecule has 1 aromatic rings. The van der Waals surface area contributed by atoms with E-state index in [4.69, 9.17) is 5.73 Å². The number of hydrogen-bond acceptors (Lipinski definition) is 3. The highest BCUT2D eigenvalue weighted by atomic mass is 16.2.